The number of halogens is 1. The fourth-order valence-electron chi connectivity index (χ4n) is 2.32. The lowest BCUT2D eigenvalue weighted by Gasteiger charge is -2.22. The van der Waals surface area contributed by atoms with Gasteiger partial charge in [-0.3, -0.25) is 0 Å². The zero-order valence-electron chi connectivity index (χ0n) is 10.4. The first-order chi connectivity index (χ1) is 8.84. The maximum absolute atomic E-state index is 13.6. The molecule has 0 unspecified atom stereocenters. The van der Waals surface area contributed by atoms with Crippen LogP contribution in [0.25, 0.3) is 0 Å². The fourth-order valence-corrected chi connectivity index (χ4v) is 3.63. The second-order valence-corrected chi connectivity index (χ2v) is 6.62. The van der Waals surface area contributed by atoms with Gasteiger partial charge in [0.1, 0.15) is 10.7 Å². The van der Waals surface area contributed by atoms with Gasteiger partial charge in [-0.25, -0.2) is 17.5 Å². The van der Waals surface area contributed by atoms with Crippen LogP contribution in [0.15, 0.2) is 23.1 Å². The lowest BCUT2D eigenvalue weighted by molar-refractivity contribution is 0.0531. The Bertz CT molecular complexity index is 548. The van der Waals surface area contributed by atoms with E-state index in [1.807, 2.05) is 0 Å². The van der Waals surface area contributed by atoms with Gasteiger partial charge in [0.2, 0.25) is 10.0 Å². The van der Waals surface area contributed by atoms with Gasteiger partial charge < -0.3 is 10.8 Å². The highest BCUT2D eigenvalue weighted by molar-refractivity contribution is 7.89. The highest BCUT2D eigenvalue weighted by atomic mass is 32.2. The summed E-state index contributed by atoms with van der Waals surface area (Å²) in [7, 11) is -4.06. The van der Waals surface area contributed by atoms with E-state index in [4.69, 9.17) is 5.73 Å². The van der Waals surface area contributed by atoms with Crippen molar-refractivity contribution >= 4 is 15.7 Å². The summed E-state index contributed by atoms with van der Waals surface area (Å²) in [6, 6.07) is 3.70. The Labute approximate surface area is 111 Å². The van der Waals surface area contributed by atoms with E-state index in [2.05, 4.69) is 4.72 Å². The molecule has 4 N–H and O–H groups in total. The first kappa shape index (κ1) is 14.2. The van der Waals surface area contributed by atoms with Gasteiger partial charge in [-0.05, 0) is 25.0 Å². The Kier molecular flexibility index (Phi) is 3.80. The molecule has 19 heavy (non-hydrogen) atoms. The maximum Gasteiger partial charge on any atom is 0.245 e. The van der Waals surface area contributed by atoms with Gasteiger partial charge in [0.25, 0.3) is 0 Å². The quantitative estimate of drug-likeness (QED) is 0.720. The van der Waals surface area contributed by atoms with Crippen molar-refractivity contribution in [2.45, 2.75) is 36.2 Å². The summed E-state index contributed by atoms with van der Waals surface area (Å²) in [5.41, 5.74) is 4.32. The SMILES string of the molecule is Nc1cccc(F)c1S(=O)(=O)NCC1(O)CCCC1. The highest BCUT2D eigenvalue weighted by Crippen LogP contribution is 2.29. The molecule has 0 radical (unpaired) electrons. The number of benzene rings is 1. The molecule has 1 aromatic carbocycles. The predicted octanol–water partition coefficient (Wildman–Crippen LogP) is 0.991. The zero-order chi connectivity index (χ0) is 14.1. The molecular formula is C12H17FN2O3S. The molecule has 106 valence electrons. The zero-order valence-corrected chi connectivity index (χ0v) is 11.2. The van der Waals surface area contributed by atoms with Crippen molar-refractivity contribution in [1.29, 1.82) is 0 Å². The third kappa shape index (κ3) is 3.05. The fraction of sp³-hybridized carbons (Fsp3) is 0.500. The van der Waals surface area contributed by atoms with Crippen molar-refractivity contribution in [2.75, 3.05) is 12.3 Å². The van der Waals surface area contributed by atoms with Gasteiger partial charge >= 0.3 is 0 Å². The predicted molar refractivity (Wildman–Crippen MR) is 69.4 cm³/mol. The van der Waals surface area contributed by atoms with Crippen LogP contribution >= 0.6 is 0 Å². The molecule has 1 aliphatic carbocycles. The van der Waals surface area contributed by atoms with E-state index in [1.165, 1.54) is 12.1 Å². The first-order valence-corrected chi connectivity index (χ1v) is 7.58. The number of sulfonamides is 1. The normalized spacial score (nSPS) is 18.6. The molecule has 5 nitrogen and oxygen atoms in total. The van der Waals surface area contributed by atoms with Gasteiger partial charge in [0, 0.05) is 6.54 Å². The number of hydrogen-bond acceptors (Lipinski definition) is 4. The Morgan fingerprint density at radius 3 is 2.58 bits per heavy atom. The second kappa shape index (κ2) is 5.07. The maximum atomic E-state index is 13.6. The molecule has 1 aromatic rings. The second-order valence-electron chi connectivity index (χ2n) is 4.91. The van der Waals surface area contributed by atoms with Crippen molar-refractivity contribution in [3.05, 3.63) is 24.0 Å². The largest absolute Gasteiger partial charge is 0.398 e. The van der Waals surface area contributed by atoms with Crippen LogP contribution in [0.5, 0.6) is 0 Å². The molecule has 0 amide bonds. The molecule has 0 heterocycles. The summed E-state index contributed by atoms with van der Waals surface area (Å²) in [4.78, 5) is -0.559. The van der Waals surface area contributed by atoms with Gasteiger partial charge in [0.15, 0.2) is 0 Å². The van der Waals surface area contributed by atoms with Crippen LogP contribution in [0.1, 0.15) is 25.7 Å². The van der Waals surface area contributed by atoms with Crippen LogP contribution in [0.2, 0.25) is 0 Å². The van der Waals surface area contributed by atoms with Crippen LogP contribution in [-0.2, 0) is 10.0 Å². The third-order valence-corrected chi connectivity index (χ3v) is 4.88. The van der Waals surface area contributed by atoms with E-state index < -0.39 is 26.3 Å². The highest BCUT2D eigenvalue weighted by Gasteiger charge is 2.33. The van der Waals surface area contributed by atoms with E-state index in [-0.39, 0.29) is 12.2 Å². The van der Waals surface area contributed by atoms with E-state index in [0.29, 0.717) is 12.8 Å². The van der Waals surface area contributed by atoms with E-state index >= 15 is 0 Å². The smallest absolute Gasteiger partial charge is 0.245 e. The number of aliphatic hydroxyl groups is 1. The van der Waals surface area contributed by atoms with Crippen LogP contribution in [0.4, 0.5) is 10.1 Å². The van der Waals surface area contributed by atoms with Crippen molar-refractivity contribution in [3.63, 3.8) is 0 Å². The summed E-state index contributed by atoms with van der Waals surface area (Å²) in [6.45, 7) is -0.122. The molecule has 0 aliphatic heterocycles. The van der Waals surface area contributed by atoms with Crippen LogP contribution < -0.4 is 10.5 Å². The summed E-state index contributed by atoms with van der Waals surface area (Å²) in [5.74, 6) is -0.897. The molecule has 0 bridgehead atoms. The minimum absolute atomic E-state index is 0.122. The van der Waals surface area contributed by atoms with Crippen LogP contribution in [-0.4, -0.2) is 25.7 Å². The minimum Gasteiger partial charge on any atom is -0.398 e. The first-order valence-electron chi connectivity index (χ1n) is 6.10. The summed E-state index contributed by atoms with van der Waals surface area (Å²) in [5, 5.41) is 10.1. The Hall–Kier alpha value is -1.18. The monoisotopic (exact) mass is 288 g/mol. The summed E-state index contributed by atoms with van der Waals surface area (Å²) >= 11 is 0. The molecule has 1 saturated carbocycles. The molecule has 0 spiro atoms. The van der Waals surface area contributed by atoms with Crippen molar-refractivity contribution < 1.29 is 17.9 Å². The Morgan fingerprint density at radius 2 is 2.00 bits per heavy atom. The van der Waals surface area contributed by atoms with E-state index in [1.54, 1.807) is 0 Å². The average Bonchev–Trinajstić information content (AvgIpc) is 2.74. The average molecular weight is 288 g/mol. The van der Waals surface area contributed by atoms with Crippen molar-refractivity contribution in [3.8, 4) is 0 Å². The number of nitrogens with two attached hydrogens (primary N) is 1. The molecular weight excluding hydrogens is 271 g/mol. The van der Waals surface area contributed by atoms with Crippen LogP contribution in [0, 0.1) is 5.82 Å². The third-order valence-electron chi connectivity index (χ3n) is 3.39. The Balaban J connectivity index is 2.19. The summed E-state index contributed by atoms with van der Waals surface area (Å²) in [6.07, 6.45) is 2.81. The number of nitrogen functional groups attached to an aromatic ring is 1. The molecule has 0 saturated heterocycles. The molecule has 1 aliphatic rings. The van der Waals surface area contributed by atoms with Gasteiger partial charge in [0.05, 0.1) is 11.3 Å². The Morgan fingerprint density at radius 1 is 1.37 bits per heavy atom. The topological polar surface area (TPSA) is 92.4 Å². The number of anilines is 1. The van der Waals surface area contributed by atoms with E-state index in [0.717, 1.165) is 18.9 Å². The summed E-state index contributed by atoms with van der Waals surface area (Å²) < 4.78 is 39.9. The number of nitrogens with one attached hydrogen (secondary N) is 1. The molecule has 0 aromatic heterocycles. The molecule has 1 fully saturated rings. The van der Waals surface area contributed by atoms with Gasteiger partial charge in [-0.1, -0.05) is 18.9 Å². The number of hydrogen-bond donors (Lipinski definition) is 3. The molecule has 2 rings (SSSR count). The molecule has 0 atom stereocenters. The minimum atomic E-state index is -4.06. The standard InChI is InChI=1S/C12H17FN2O3S/c13-9-4-3-5-10(14)11(9)19(17,18)15-8-12(16)6-1-2-7-12/h3-5,15-16H,1-2,6-8,14H2. The van der Waals surface area contributed by atoms with Gasteiger partial charge in [-0.2, -0.15) is 0 Å². The van der Waals surface area contributed by atoms with Gasteiger partial charge in [-0.15, -0.1) is 0 Å². The number of rotatable bonds is 4. The van der Waals surface area contributed by atoms with Crippen molar-refractivity contribution in [1.82, 2.24) is 4.72 Å². The van der Waals surface area contributed by atoms with E-state index in [9.17, 15) is 17.9 Å². The lowest BCUT2D eigenvalue weighted by Crippen LogP contribution is -2.41. The molecule has 7 heteroatoms. The van der Waals surface area contributed by atoms with Crippen LogP contribution in [0.3, 0.4) is 0 Å². The van der Waals surface area contributed by atoms with Crippen molar-refractivity contribution in [2.24, 2.45) is 0 Å². The lowest BCUT2D eigenvalue weighted by atomic mass is 10.0.